The van der Waals surface area contributed by atoms with E-state index in [1.54, 1.807) is 6.08 Å². The molecule has 16 aliphatic rings. The van der Waals surface area contributed by atoms with Gasteiger partial charge in [0.15, 0.2) is 0 Å². The van der Waals surface area contributed by atoms with E-state index in [0.717, 1.165) is 119 Å². The van der Waals surface area contributed by atoms with E-state index in [2.05, 4.69) is 84.7 Å². The number of aldehydes is 1. The first kappa shape index (κ1) is 56.6. The normalized spacial score (nSPS) is 50.1. The van der Waals surface area contributed by atoms with Crippen molar-refractivity contribution in [3.8, 4) is 11.8 Å². The minimum absolute atomic E-state index is 0.0131. The predicted molar refractivity (Wildman–Crippen MR) is 336 cm³/mol. The molecule has 3 aliphatic heterocycles. The Kier molecular flexibility index (Phi) is 12.7. The third-order valence-electron chi connectivity index (χ3n) is 31.4. The van der Waals surface area contributed by atoms with Crippen molar-refractivity contribution in [2.24, 2.45) is 104 Å². The maximum absolute atomic E-state index is 16.3. The van der Waals surface area contributed by atoms with Crippen molar-refractivity contribution in [2.45, 2.75) is 228 Å². The van der Waals surface area contributed by atoms with Gasteiger partial charge in [-0.1, -0.05) is 98.3 Å². The summed E-state index contributed by atoms with van der Waals surface area (Å²) in [5.41, 5.74) is -0.00411. The summed E-state index contributed by atoms with van der Waals surface area (Å²) in [6, 6.07) is 26.9. The Morgan fingerprint density at radius 1 is 0.727 bits per heavy atom. The number of benzene rings is 3. The molecule has 9 nitrogen and oxygen atoms in total. The van der Waals surface area contributed by atoms with Crippen LogP contribution in [0.25, 0.3) is 0 Å². The SMILES string of the molecule is CN[C@@H]1Cc2c(cccc2CO)C#CC2(CCCC2)C[C@]23CC[C@H]4[C@@](O)(C[C@H]5C[C@@H]6CC[C@H]7[C@H]8O[C@@H](Cc9cccc(c9)C[C@@H]9CC[C@H](C9)[C@H]6C)[C@@H]6CC[C@@]9%10CC[C@@H](c%11ccccc%11)C[C@H]9C[C@@H]6[C@@]8%10C[C@@]4(C=O)[C@]57O)[C@@]2(O)C[C@@H]2C[C@H]1[C@@H]1OC(=O)C=C1[C@@H]23. The van der Waals surface area contributed by atoms with Gasteiger partial charge in [-0.2, -0.15) is 0 Å². The number of nitrogens with one attached hydrogen (secondary N) is 1. The van der Waals surface area contributed by atoms with Crippen LogP contribution in [0, 0.1) is 116 Å². The highest BCUT2D eigenvalue weighted by molar-refractivity contribution is 5.86. The lowest BCUT2D eigenvalue weighted by Gasteiger charge is -2.78. The third-order valence-corrected chi connectivity index (χ3v) is 31.4. The average Bonchev–Trinajstić information content (AvgIpc) is 1.25. The van der Waals surface area contributed by atoms with Crippen molar-refractivity contribution >= 4 is 12.3 Å². The average molecular weight is 1190 g/mol. The first-order valence-corrected chi connectivity index (χ1v) is 35.9. The Morgan fingerprint density at radius 3 is 2.33 bits per heavy atom. The molecule has 9 heteroatoms. The molecule has 4 spiro atoms. The van der Waals surface area contributed by atoms with E-state index in [9.17, 15) is 9.90 Å². The number of esters is 1. The molecule has 19 rings (SSSR count). The predicted octanol–water partition coefficient (Wildman–Crippen LogP) is 12.4. The quantitative estimate of drug-likeness (QED) is 0.0979. The zero-order chi connectivity index (χ0) is 59.5. The molecule has 1 saturated heterocycles. The topological polar surface area (TPSA) is 146 Å². The summed E-state index contributed by atoms with van der Waals surface area (Å²) in [5, 5.41) is 61.4. The van der Waals surface area contributed by atoms with Crippen LogP contribution in [0.3, 0.4) is 0 Å². The van der Waals surface area contributed by atoms with Gasteiger partial charge in [0.25, 0.3) is 0 Å². The molecule has 0 radical (unpaired) electrons. The first-order chi connectivity index (χ1) is 42.7. The van der Waals surface area contributed by atoms with Gasteiger partial charge in [-0.15, -0.1) is 0 Å². The van der Waals surface area contributed by atoms with Gasteiger partial charge in [0.05, 0.1) is 35.4 Å². The summed E-state index contributed by atoms with van der Waals surface area (Å²) in [6.45, 7) is 2.44. The number of carbonyl (C=O) groups excluding carboxylic acids is 2. The van der Waals surface area contributed by atoms with Gasteiger partial charge in [0.1, 0.15) is 18.0 Å². The van der Waals surface area contributed by atoms with Crippen LogP contribution in [0.1, 0.15) is 194 Å². The number of ether oxygens (including phenoxy) is 2. The molecule has 0 unspecified atom stereocenters. The number of hydrogen-bond acceptors (Lipinski definition) is 9. The van der Waals surface area contributed by atoms with E-state index in [4.69, 9.17) is 9.47 Å². The van der Waals surface area contributed by atoms with Crippen LogP contribution >= 0.6 is 0 Å². The number of aliphatic hydroxyl groups is 4. The van der Waals surface area contributed by atoms with Crippen molar-refractivity contribution in [2.75, 3.05) is 7.05 Å². The summed E-state index contributed by atoms with van der Waals surface area (Å²) in [5.74, 6) is 9.05. The Morgan fingerprint density at radius 2 is 1.51 bits per heavy atom. The highest BCUT2D eigenvalue weighted by Crippen LogP contribution is 2.86. The molecule has 25 atom stereocenters. The number of aliphatic hydroxyl groups excluding tert-OH is 1. The Bertz CT molecular complexity index is 3430. The van der Waals surface area contributed by atoms with Crippen molar-refractivity contribution in [1.29, 1.82) is 0 Å². The van der Waals surface area contributed by atoms with Crippen molar-refractivity contribution < 1.29 is 39.5 Å². The minimum Gasteiger partial charge on any atom is -0.454 e. The highest BCUT2D eigenvalue weighted by Gasteiger charge is 2.88. The fraction of sp³-hybridized carbons (Fsp3) is 0.696. The summed E-state index contributed by atoms with van der Waals surface area (Å²) in [4.78, 5) is 30.5. The molecule has 0 amide bonds. The van der Waals surface area contributed by atoms with E-state index < -0.39 is 56.4 Å². The molecule has 5 N–H and O–H groups in total. The summed E-state index contributed by atoms with van der Waals surface area (Å²) < 4.78 is 14.9. The molecule has 3 aromatic rings. The van der Waals surface area contributed by atoms with Gasteiger partial charge in [0.2, 0.25) is 0 Å². The molecule has 12 fully saturated rings. The second kappa shape index (κ2) is 19.7. The van der Waals surface area contributed by atoms with Gasteiger partial charge >= 0.3 is 5.97 Å². The van der Waals surface area contributed by atoms with Crippen LogP contribution in [-0.2, 0) is 44.9 Å². The van der Waals surface area contributed by atoms with Crippen molar-refractivity contribution in [1.82, 2.24) is 5.32 Å². The highest BCUT2D eigenvalue weighted by atomic mass is 16.5. The van der Waals surface area contributed by atoms with Gasteiger partial charge in [-0.25, -0.2) is 4.79 Å². The maximum atomic E-state index is 16.3. The first-order valence-electron chi connectivity index (χ1n) is 35.9. The minimum atomic E-state index is -1.74. The lowest BCUT2D eigenvalue weighted by molar-refractivity contribution is -0.386. The van der Waals surface area contributed by atoms with Gasteiger partial charge in [0, 0.05) is 51.7 Å². The second-order valence-corrected chi connectivity index (χ2v) is 33.7. The van der Waals surface area contributed by atoms with Gasteiger partial charge < -0.3 is 40.0 Å². The van der Waals surface area contributed by atoms with Gasteiger partial charge in [-0.3, -0.25) is 0 Å². The lowest BCUT2D eigenvalue weighted by atomic mass is 9.29. The number of hydrogen-bond donors (Lipinski definition) is 5. The largest absolute Gasteiger partial charge is 0.454 e. The number of fused-ring (bicyclic) bond motifs is 12. The number of rotatable bonds is 4. The van der Waals surface area contributed by atoms with Gasteiger partial charge in [-0.05, 0) is 271 Å². The van der Waals surface area contributed by atoms with E-state index in [0.29, 0.717) is 86.4 Å². The molecule has 466 valence electrons. The second-order valence-electron chi connectivity index (χ2n) is 33.7. The maximum Gasteiger partial charge on any atom is 0.331 e. The van der Waals surface area contributed by atoms with Crippen LogP contribution in [0.2, 0.25) is 0 Å². The fourth-order valence-corrected chi connectivity index (χ4v) is 28.3. The summed E-state index contributed by atoms with van der Waals surface area (Å²) in [7, 11) is 2.00. The van der Waals surface area contributed by atoms with Crippen LogP contribution < -0.4 is 5.32 Å². The molecular formula is C79H97NO8. The Balaban J connectivity index is 0.843. The molecular weight excluding hydrogens is 1090 g/mol. The van der Waals surface area contributed by atoms with E-state index >= 15 is 20.1 Å². The third kappa shape index (κ3) is 7.24. The Labute approximate surface area is 522 Å². The van der Waals surface area contributed by atoms with Crippen LogP contribution in [0.4, 0.5) is 0 Å². The molecule has 3 aromatic carbocycles. The van der Waals surface area contributed by atoms with Crippen molar-refractivity contribution in [3.05, 3.63) is 118 Å². The van der Waals surface area contributed by atoms with E-state index in [1.807, 2.05) is 19.2 Å². The molecule has 88 heavy (non-hydrogen) atoms. The zero-order valence-electron chi connectivity index (χ0n) is 52.5. The van der Waals surface area contributed by atoms with Crippen LogP contribution in [0.15, 0.2) is 84.4 Å². The summed E-state index contributed by atoms with van der Waals surface area (Å²) in [6.07, 6.45) is 25.1. The molecule has 11 saturated carbocycles. The monoisotopic (exact) mass is 1190 g/mol. The zero-order valence-corrected chi connectivity index (χ0v) is 52.5. The standard InChI is InChI=1S/C79H97NO8/c1-46-52-17-16-49(32-52)31-47-10-8-11-48(30-47)33-66-59-22-28-73-27-21-54(50-12-4-3-5-13-50)35-57(73)37-64(59)76(73)44-75(45-82)67-23-29-74-43-72(24-6-7-25-72)26-20-51-14-9-15-55(42-81)60(51)38-65(80-2)61-36-56(69(74)62-39-68(83)88-70(61)62)40-78(74,85)77(67,84)41-58-34-53(46)18-19-63(71(76)87-66)79(58,75)86/h3-5,8-15,30,39,45-46,49,52-54,56-59,61,63-67,69-71,80-81,84-86H,6-7,16-19,21-25,27-29,31-38,40-44H2,1-2H3/t46-,49+,52-,53+,54-,56+,57+,58-,59-,61-,63+,64+,65-,66+,67-,69-,70+,71-,73+,74+,75+,76+,77+,78-,79+/m1/s1. The smallest absolute Gasteiger partial charge is 0.331 e. The van der Waals surface area contributed by atoms with E-state index in [-0.39, 0.29) is 72.3 Å². The van der Waals surface area contributed by atoms with Crippen LogP contribution in [0.5, 0.6) is 0 Å². The molecule has 0 aromatic heterocycles. The molecule has 13 aliphatic carbocycles. The summed E-state index contributed by atoms with van der Waals surface area (Å²) >= 11 is 0. The van der Waals surface area contributed by atoms with Crippen molar-refractivity contribution in [3.63, 3.8) is 0 Å². The lowest BCUT2D eigenvalue weighted by Crippen LogP contribution is -2.84. The molecule has 3 heterocycles. The number of likely N-dealkylation sites (N-methyl/N-ethyl adjacent to an activating group) is 1. The Hall–Kier alpha value is -4.14. The van der Waals surface area contributed by atoms with E-state index in [1.165, 1.54) is 42.2 Å². The fourth-order valence-electron chi connectivity index (χ4n) is 28.3. The molecule has 16 bridgehead atoms. The van der Waals surface area contributed by atoms with Crippen LogP contribution in [-0.4, -0.2) is 80.9 Å². The number of carbonyl (C=O) groups is 2.